The molecule has 1 aromatic carbocycles. The van der Waals surface area contributed by atoms with E-state index in [4.69, 9.17) is 4.55 Å². The summed E-state index contributed by atoms with van der Waals surface area (Å²) in [5.74, 6) is 0. The van der Waals surface area contributed by atoms with Gasteiger partial charge in [-0.15, -0.1) is 0 Å². The van der Waals surface area contributed by atoms with Crippen molar-refractivity contribution >= 4 is 17.7 Å². The van der Waals surface area contributed by atoms with Gasteiger partial charge in [-0.2, -0.15) is 0 Å². The van der Waals surface area contributed by atoms with Gasteiger partial charge in [0, 0.05) is 24.8 Å². The van der Waals surface area contributed by atoms with Gasteiger partial charge >= 0.3 is 0 Å². The van der Waals surface area contributed by atoms with Crippen LogP contribution in [0.4, 0.5) is 5.69 Å². The molecule has 0 bridgehead atoms. The highest BCUT2D eigenvalue weighted by molar-refractivity contribution is 7.94. The molecule has 10 heavy (non-hydrogen) atoms. The van der Waals surface area contributed by atoms with Crippen LogP contribution in [-0.4, -0.2) is 11.6 Å². The third-order valence-electron chi connectivity index (χ3n) is 1.25. The first-order valence-corrected chi connectivity index (χ1v) is 3.74. The quantitative estimate of drug-likeness (QED) is 0.643. The summed E-state index contributed by atoms with van der Waals surface area (Å²) in [4.78, 5) is 0.852. The molecular formula is C7H9NOS. The second-order valence-corrected chi connectivity index (χ2v) is 2.46. The van der Waals surface area contributed by atoms with Crippen LogP contribution in [0.3, 0.4) is 0 Å². The van der Waals surface area contributed by atoms with Gasteiger partial charge in [0.25, 0.3) is 0 Å². The summed E-state index contributed by atoms with van der Waals surface area (Å²) < 4.78 is 8.73. The fourth-order valence-electron chi connectivity index (χ4n) is 0.753. The van der Waals surface area contributed by atoms with E-state index in [0.29, 0.717) is 0 Å². The molecule has 0 atom stereocenters. The number of hydrogen-bond donors (Lipinski definition) is 2. The molecule has 0 saturated heterocycles. The molecule has 0 radical (unpaired) electrons. The largest absolute Gasteiger partial charge is 0.387 e. The van der Waals surface area contributed by atoms with E-state index in [0.717, 1.165) is 22.6 Å². The van der Waals surface area contributed by atoms with Crippen LogP contribution in [0.5, 0.6) is 0 Å². The standard InChI is InChI=1S/C7H9NOS/c1-8-6-4-2-3-5-7(6)10-9/h2-5,8-9H,1H3. The van der Waals surface area contributed by atoms with Crippen LogP contribution in [0, 0.1) is 0 Å². The van der Waals surface area contributed by atoms with Crippen LogP contribution < -0.4 is 5.32 Å². The minimum Gasteiger partial charge on any atom is -0.387 e. The van der Waals surface area contributed by atoms with Crippen LogP contribution in [0.25, 0.3) is 0 Å². The Kier molecular flexibility index (Phi) is 2.59. The minimum absolute atomic E-state index is 0.757. The Bertz CT molecular complexity index is 192. The van der Waals surface area contributed by atoms with Crippen molar-refractivity contribution < 1.29 is 4.55 Å². The van der Waals surface area contributed by atoms with Gasteiger partial charge in [-0.1, -0.05) is 12.1 Å². The molecule has 1 rings (SSSR count). The van der Waals surface area contributed by atoms with Crippen molar-refractivity contribution in [3.63, 3.8) is 0 Å². The van der Waals surface area contributed by atoms with Gasteiger partial charge in [0.1, 0.15) is 0 Å². The van der Waals surface area contributed by atoms with E-state index in [1.807, 2.05) is 31.3 Å². The number of hydrogen-bond acceptors (Lipinski definition) is 3. The lowest BCUT2D eigenvalue weighted by Gasteiger charge is -2.02. The molecule has 3 heteroatoms. The first kappa shape index (κ1) is 7.44. The molecule has 0 aliphatic rings. The predicted molar refractivity (Wildman–Crippen MR) is 44.5 cm³/mol. The fourth-order valence-corrected chi connectivity index (χ4v) is 1.16. The first-order valence-electron chi connectivity index (χ1n) is 2.96. The number of benzene rings is 1. The second kappa shape index (κ2) is 3.49. The van der Waals surface area contributed by atoms with Gasteiger partial charge in [-0.25, -0.2) is 0 Å². The summed E-state index contributed by atoms with van der Waals surface area (Å²) in [6.45, 7) is 0. The lowest BCUT2D eigenvalue weighted by atomic mass is 10.3. The zero-order valence-corrected chi connectivity index (χ0v) is 6.48. The summed E-state index contributed by atoms with van der Waals surface area (Å²) in [5.41, 5.74) is 0.954. The molecule has 0 amide bonds. The molecule has 54 valence electrons. The van der Waals surface area contributed by atoms with Crippen LogP contribution in [-0.2, 0) is 0 Å². The van der Waals surface area contributed by atoms with E-state index in [9.17, 15) is 0 Å². The Labute approximate surface area is 64.5 Å². The van der Waals surface area contributed by atoms with E-state index in [-0.39, 0.29) is 0 Å². The molecule has 0 spiro atoms. The van der Waals surface area contributed by atoms with Crippen molar-refractivity contribution in [3.05, 3.63) is 24.3 Å². The Balaban J connectivity index is 2.96. The normalized spacial score (nSPS) is 9.40. The summed E-state index contributed by atoms with van der Waals surface area (Å²) in [6.07, 6.45) is 0. The van der Waals surface area contributed by atoms with Crippen LogP contribution in [0.2, 0.25) is 0 Å². The highest BCUT2D eigenvalue weighted by Crippen LogP contribution is 2.23. The number of para-hydroxylation sites is 1. The molecule has 2 N–H and O–H groups in total. The van der Waals surface area contributed by atoms with Gasteiger partial charge in [0.15, 0.2) is 0 Å². The first-order chi connectivity index (χ1) is 4.88. The van der Waals surface area contributed by atoms with E-state index < -0.39 is 0 Å². The molecule has 0 heterocycles. The molecule has 0 saturated carbocycles. The summed E-state index contributed by atoms with van der Waals surface area (Å²) in [6, 6.07) is 7.58. The number of rotatable bonds is 2. The zero-order chi connectivity index (χ0) is 7.40. The van der Waals surface area contributed by atoms with Crippen molar-refractivity contribution in [3.8, 4) is 0 Å². The van der Waals surface area contributed by atoms with Gasteiger partial charge in [0.2, 0.25) is 0 Å². The Morgan fingerprint density at radius 2 is 2.10 bits per heavy atom. The smallest absolute Gasteiger partial charge is 0.0582 e. The minimum atomic E-state index is 0.757. The Morgan fingerprint density at radius 1 is 1.40 bits per heavy atom. The van der Waals surface area contributed by atoms with Crippen molar-refractivity contribution in [1.29, 1.82) is 0 Å². The highest BCUT2D eigenvalue weighted by Gasteiger charge is 1.95. The molecule has 0 aliphatic carbocycles. The summed E-state index contributed by atoms with van der Waals surface area (Å²) in [5, 5.41) is 2.97. The van der Waals surface area contributed by atoms with Crippen molar-refractivity contribution in [1.82, 2.24) is 0 Å². The highest BCUT2D eigenvalue weighted by atomic mass is 32.2. The third kappa shape index (κ3) is 1.43. The maximum atomic E-state index is 8.73. The monoisotopic (exact) mass is 155 g/mol. The summed E-state index contributed by atoms with van der Waals surface area (Å²) >= 11 is 0.757. The van der Waals surface area contributed by atoms with E-state index >= 15 is 0 Å². The molecular weight excluding hydrogens is 146 g/mol. The van der Waals surface area contributed by atoms with E-state index in [2.05, 4.69) is 5.32 Å². The lowest BCUT2D eigenvalue weighted by molar-refractivity contribution is 0.664. The molecule has 1 aromatic rings. The number of nitrogens with one attached hydrogen (secondary N) is 1. The lowest BCUT2D eigenvalue weighted by Crippen LogP contribution is -1.88. The maximum Gasteiger partial charge on any atom is 0.0582 e. The molecule has 2 nitrogen and oxygen atoms in total. The summed E-state index contributed by atoms with van der Waals surface area (Å²) in [7, 11) is 1.83. The van der Waals surface area contributed by atoms with Crippen molar-refractivity contribution in [2.45, 2.75) is 4.90 Å². The van der Waals surface area contributed by atoms with Crippen molar-refractivity contribution in [2.24, 2.45) is 0 Å². The molecule has 0 unspecified atom stereocenters. The number of anilines is 1. The van der Waals surface area contributed by atoms with Crippen LogP contribution >= 0.6 is 12.0 Å². The fraction of sp³-hybridized carbons (Fsp3) is 0.143. The Morgan fingerprint density at radius 3 is 2.60 bits per heavy atom. The Hall–Kier alpha value is -0.670. The third-order valence-corrected chi connectivity index (χ3v) is 1.81. The van der Waals surface area contributed by atoms with Crippen LogP contribution in [0.15, 0.2) is 29.2 Å². The van der Waals surface area contributed by atoms with E-state index in [1.54, 1.807) is 0 Å². The second-order valence-electron chi connectivity index (χ2n) is 1.84. The molecule has 0 fully saturated rings. The van der Waals surface area contributed by atoms with Gasteiger partial charge in [0.05, 0.1) is 4.90 Å². The molecule has 0 aliphatic heterocycles. The van der Waals surface area contributed by atoms with Crippen LogP contribution in [0.1, 0.15) is 0 Å². The SMILES string of the molecule is CNc1ccccc1SO. The van der Waals surface area contributed by atoms with Gasteiger partial charge in [-0.3, -0.25) is 0 Å². The predicted octanol–water partition coefficient (Wildman–Crippen LogP) is 2.29. The van der Waals surface area contributed by atoms with Gasteiger partial charge < -0.3 is 9.87 Å². The average molecular weight is 155 g/mol. The van der Waals surface area contributed by atoms with E-state index in [1.165, 1.54) is 0 Å². The molecule has 0 aromatic heterocycles. The van der Waals surface area contributed by atoms with Gasteiger partial charge in [-0.05, 0) is 12.1 Å². The van der Waals surface area contributed by atoms with Crippen molar-refractivity contribution in [2.75, 3.05) is 12.4 Å². The topological polar surface area (TPSA) is 32.3 Å². The zero-order valence-electron chi connectivity index (χ0n) is 5.66. The maximum absolute atomic E-state index is 8.73. The average Bonchev–Trinajstić information content (AvgIpc) is 2.04.